The fourth-order valence-corrected chi connectivity index (χ4v) is 7.08. The summed E-state index contributed by atoms with van der Waals surface area (Å²) < 4.78 is 51.9. The van der Waals surface area contributed by atoms with Crippen molar-refractivity contribution >= 4 is 0 Å². The summed E-state index contributed by atoms with van der Waals surface area (Å²) in [6, 6.07) is 49.1. The Morgan fingerprint density at radius 2 is 0.842 bits per heavy atom. The maximum Gasteiger partial charge on any atom is 0.187 e. The molecule has 0 saturated carbocycles. The number of rotatable bonds is 19. The molecule has 0 bridgehead atoms. The van der Waals surface area contributed by atoms with Crippen molar-refractivity contribution < 1.29 is 48.1 Å². The lowest BCUT2D eigenvalue weighted by atomic mass is 9.97. The maximum absolute atomic E-state index is 12.0. The van der Waals surface area contributed by atoms with E-state index in [0.717, 1.165) is 27.8 Å². The highest BCUT2D eigenvalue weighted by atomic mass is 16.7. The molecule has 0 radical (unpaired) electrons. The molecule has 7 rings (SSSR count). The number of aliphatic hydroxyl groups excluding tert-OH is 2. The molecule has 2 aliphatic heterocycles. The van der Waals surface area contributed by atoms with Gasteiger partial charge in [0.05, 0.1) is 52.4 Å². The van der Waals surface area contributed by atoms with E-state index in [4.69, 9.17) is 37.9 Å². The highest BCUT2D eigenvalue weighted by Gasteiger charge is 2.51. The Hall–Kier alpha value is -4.30. The summed E-state index contributed by atoms with van der Waals surface area (Å²) in [5.74, 6) is 0. The SMILES string of the molecule is OC1C[C@@H](OCc2ccccc2)[C@H](O[C@H]2O[C@H](COCc3ccccc3)[C@@H](O)[C@H](OCc3ccccc3)[C@H]2OCc2ccccc2)[C@@H](COCc2ccccc2)O1. The zero-order valence-electron chi connectivity index (χ0n) is 31.9. The smallest absolute Gasteiger partial charge is 0.187 e. The van der Waals surface area contributed by atoms with Crippen molar-refractivity contribution in [2.24, 2.45) is 0 Å². The Morgan fingerprint density at radius 3 is 1.32 bits per heavy atom. The quantitative estimate of drug-likeness (QED) is 0.0934. The third kappa shape index (κ3) is 12.1. The summed E-state index contributed by atoms with van der Waals surface area (Å²) in [6.07, 6.45) is -7.96. The summed E-state index contributed by atoms with van der Waals surface area (Å²) in [4.78, 5) is 0. The van der Waals surface area contributed by atoms with Crippen LogP contribution in [0.5, 0.6) is 0 Å². The minimum absolute atomic E-state index is 0.0595. The van der Waals surface area contributed by atoms with E-state index in [1.54, 1.807) is 0 Å². The molecule has 0 aromatic heterocycles. The van der Waals surface area contributed by atoms with E-state index >= 15 is 0 Å². The molecule has 300 valence electrons. The van der Waals surface area contributed by atoms with Crippen LogP contribution in [-0.2, 0) is 70.9 Å². The van der Waals surface area contributed by atoms with Crippen molar-refractivity contribution in [1.29, 1.82) is 0 Å². The molecule has 10 heteroatoms. The van der Waals surface area contributed by atoms with Gasteiger partial charge in [0.2, 0.25) is 0 Å². The van der Waals surface area contributed by atoms with E-state index in [1.807, 2.05) is 152 Å². The molecule has 0 aliphatic carbocycles. The molecule has 0 amide bonds. The summed E-state index contributed by atoms with van der Waals surface area (Å²) in [5.41, 5.74) is 4.83. The Labute approximate surface area is 334 Å². The van der Waals surface area contributed by atoms with E-state index in [-0.39, 0.29) is 39.5 Å². The average molecular weight is 777 g/mol. The molecule has 2 fully saturated rings. The first-order chi connectivity index (χ1) is 28.1. The lowest BCUT2D eigenvalue weighted by Gasteiger charge is -2.47. The first-order valence-corrected chi connectivity index (χ1v) is 19.6. The second-order valence-electron chi connectivity index (χ2n) is 14.4. The lowest BCUT2D eigenvalue weighted by molar-refractivity contribution is -0.357. The Kier molecular flexibility index (Phi) is 15.4. The molecule has 1 unspecified atom stereocenters. The van der Waals surface area contributed by atoms with Crippen LogP contribution in [0.1, 0.15) is 34.2 Å². The van der Waals surface area contributed by atoms with Gasteiger partial charge in [0.15, 0.2) is 12.6 Å². The predicted octanol–water partition coefficient (Wildman–Crippen LogP) is 6.75. The standard InChI is InChI=1S/C47H52O10/c48-42-26-39(52-29-36-20-10-3-11-21-36)44(41(55-42)33-51-28-35-18-8-2-9-19-35)57-47-46(54-31-38-24-14-5-15-25-38)45(53-30-37-22-12-4-13-23-37)43(49)40(56-47)32-50-27-34-16-6-1-7-17-34/h1-25,39-49H,26-33H2/t39-,40-,41-,42?,43-,44+,45+,46-,47-/m1/s1. The summed E-state index contributed by atoms with van der Waals surface area (Å²) in [6.45, 7) is 1.53. The van der Waals surface area contributed by atoms with Crippen molar-refractivity contribution in [3.63, 3.8) is 0 Å². The van der Waals surface area contributed by atoms with Gasteiger partial charge in [0, 0.05) is 6.42 Å². The van der Waals surface area contributed by atoms with Crippen LogP contribution >= 0.6 is 0 Å². The van der Waals surface area contributed by atoms with Crippen LogP contribution in [0.25, 0.3) is 0 Å². The minimum Gasteiger partial charge on any atom is -0.387 e. The molecule has 2 N–H and O–H groups in total. The number of aliphatic hydroxyl groups is 2. The van der Waals surface area contributed by atoms with Gasteiger partial charge in [-0.15, -0.1) is 0 Å². The van der Waals surface area contributed by atoms with Crippen LogP contribution in [0.3, 0.4) is 0 Å². The summed E-state index contributed by atoms with van der Waals surface area (Å²) >= 11 is 0. The van der Waals surface area contributed by atoms with Gasteiger partial charge >= 0.3 is 0 Å². The molecule has 10 nitrogen and oxygen atoms in total. The topological polar surface area (TPSA) is 114 Å². The first-order valence-electron chi connectivity index (χ1n) is 19.6. The van der Waals surface area contributed by atoms with E-state index < -0.39 is 55.3 Å². The molecule has 5 aromatic carbocycles. The zero-order chi connectivity index (χ0) is 39.1. The van der Waals surface area contributed by atoms with Crippen molar-refractivity contribution in [3.05, 3.63) is 179 Å². The van der Waals surface area contributed by atoms with Crippen LogP contribution in [0.4, 0.5) is 0 Å². The van der Waals surface area contributed by atoms with Gasteiger partial charge in [-0.05, 0) is 27.8 Å². The first kappa shape index (κ1) is 40.9. The second-order valence-corrected chi connectivity index (χ2v) is 14.4. The molecule has 0 spiro atoms. The third-order valence-corrected chi connectivity index (χ3v) is 10.1. The molecule has 2 heterocycles. The van der Waals surface area contributed by atoms with E-state index in [9.17, 15) is 10.2 Å². The minimum atomic E-state index is -1.13. The van der Waals surface area contributed by atoms with Gasteiger partial charge in [-0.25, -0.2) is 0 Å². The van der Waals surface area contributed by atoms with Crippen molar-refractivity contribution in [3.8, 4) is 0 Å². The predicted molar refractivity (Wildman–Crippen MR) is 212 cm³/mol. The van der Waals surface area contributed by atoms with Gasteiger partial charge in [-0.1, -0.05) is 152 Å². The lowest BCUT2D eigenvalue weighted by Crippen LogP contribution is -2.63. The van der Waals surface area contributed by atoms with Gasteiger partial charge in [0.1, 0.15) is 36.6 Å². The number of hydrogen-bond acceptors (Lipinski definition) is 10. The Bertz CT molecular complexity index is 1840. The van der Waals surface area contributed by atoms with Crippen LogP contribution < -0.4 is 0 Å². The maximum atomic E-state index is 12.0. The van der Waals surface area contributed by atoms with Crippen LogP contribution in [0.15, 0.2) is 152 Å². The molecule has 5 aromatic rings. The summed E-state index contributed by atoms with van der Waals surface area (Å²) in [7, 11) is 0. The Balaban J connectivity index is 1.17. The largest absolute Gasteiger partial charge is 0.387 e. The number of benzene rings is 5. The van der Waals surface area contributed by atoms with Gasteiger partial charge < -0.3 is 48.1 Å². The average Bonchev–Trinajstić information content (AvgIpc) is 3.25. The van der Waals surface area contributed by atoms with Crippen molar-refractivity contribution in [1.82, 2.24) is 0 Å². The second kappa shape index (κ2) is 21.5. The normalized spacial score (nSPS) is 26.2. The Morgan fingerprint density at radius 1 is 0.439 bits per heavy atom. The highest BCUT2D eigenvalue weighted by molar-refractivity contribution is 5.17. The van der Waals surface area contributed by atoms with Crippen LogP contribution in [-0.4, -0.2) is 78.7 Å². The fraction of sp³-hybridized carbons (Fsp3) is 0.362. The zero-order valence-corrected chi connectivity index (χ0v) is 31.9. The number of hydrogen-bond donors (Lipinski definition) is 2. The fourth-order valence-electron chi connectivity index (χ4n) is 7.08. The summed E-state index contributed by atoms with van der Waals surface area (Å²) in [5, 5.41) is 23.0. The van der Waals surface area contributed by atoms with Crippen LogP contribution in [0, 0.1) is 0 Å². The molecule has 2 aliphatic rings. The van der Waals surface area contributed by atoms with E-state index in [2.05, 4.69) is 0 Å². The van der Waals surface area contributed by atoms with Gasteiger partial charge in [0.25, 0.3) is 0 Å². The number of ether oxygens (including phenoxy) is 8. The molecule has 2 saturated heterocycles. The van der Waals surface area contributed by atoms with Gasteiger partial charge in [-0.3, -0.25) is 0 Å². The monoisotopic (exact) mass is 776 g/mol. The van der Waals surface area contributed by atoms with E-state index in [1.165, 1.54) is 0 Å². The van der Waals surface area contributed by atoms with E-state index in [0.29, 0.717) is 13.2 Å². The molecule has 9 atom stereocenters. The highest BCUT2D eigenvalue weighted by Crippen LogP contribution is 2.34. The van der Waals surface area contributed by atoms with Crippen molar-refractivity contribution in [2.75, 3.05) is 13.2 Å². The van der Waals surface area contributed by atoms with Crippen LogP contribution in [0.2, 0.25) is 0 Å². The molecular formula is C47H52O10. The van der Waals surface area contributed by atoms with Crippen molar-refractivity contribution in [2.45, 2.75) is 94.8 Å². The molecule has 57 heavy (non-hydrogen) atoms. The third-order valence-electron chi connectivity index (χ3n) is 10.1. The van der Waals surface area contributed by atoms with Gasteiger partial charge in [-0.2, -0.15) is 0 Å². The molecular weight excluding hydrogens is 725 g/mol.